The molecule has 1 spiro atoms. The summed E-state index contributed by atoms with van der Waals surface area (Å²) in [5, 5.41) is 0. The number of rotatable bonds is 0. The standard InChI is InChI=1S/C13H22O/c1-9-4-6-13(8-11(9)3)7-5-10(2)12(13)14/h9-11H,4-8H2,1-3H3. The highest BCUT2D eigenvalue weighted by atomic mass is 16.1. The van der Waals surface area contributed by atoms with Crippen LogP contribution in [0, 0.1) is 23.2 Å². The number of Topliss-reactive ketones (excluding diaryl/α,β-unsaturated/α-hetero) is 1. The maximum Gasteiger partial charge on any atom is 0.141 e. The van der Waals surface area contributed by atoms with Crippen LogP contribution >= 0.6 is 0 Å². The molecule has 0 aromatic carbocycles. The fraction of sp³-hybridized carbons (Fsp3) is 0.923. The molecule has 0 aliphatic heterocycles. The van der Waals surface area contributed by atoms with Gasteiger partial charge < -0.3 is 0 Å². The Bertz CT molecular complexity index is 246. The van der Waals surface area contributed by atoms with Gasteiger partial charge in [-0.15, -0.1) is 0 Å². The lowest BCUT2D eigenvalue weighted by atomic mass is 9.64. The first-order chi connectivity index (χ1) is 6.55. The molecule has 0 aromatic heterocycles. The van der Waals surface area contributed by atoms with Gasteiger partial charge in [0.25, 0.3) is 0 Å². The molecule has 0 saturated heterocycles. The Labute approximate surface area is 87.3 Å². The first-order valence-electron chi connectivity index (χ1n) is 6.09. The topological polar surface area (TPSA) is 17.1 Å². The highest BCUT2D eigenvalue weighted by Crippen LogP contribution is 2.51. The van der Waals surface area contributed by atoms with Crippen LogP contribution < -0.4 is 0 Å². The van der Waals surface area contributed by atoms with E-state index in [1.165, 1.54) is 19.3 Å². The summed E-state index contributed by atoms with van der Waals surface area (Å²) in [4.78, 5) is 12.1. The Morgan fingerprint density at radius 1 is 1.07 bits per heavy atom. The van der Waals surface area contributed by atoms with Gasteiger partial charge in [-0.3, -0.25) is 4.79 Å². The molecule has 0 bridgehead atoms. The Kier molecular flexibility index (Phi) is 2.45. The maximum absolute atomic E-state index is 12.1. The fourth-order valence-electron chi connectivity index (χ4n) is 3.43. The summed E-state index contributed by atoms with van der Waals surface area (Å²) in [6.45, 7) is 6.77. The summed E-state index contributed by atoms with van der Waals surface area (Å²) in [5.41, 5.74) is 0.116. The van der Waals surface area contributed by atoms with E-state index < -0.39 is 0 Å². The molecule has 0 aromatic rings. The number of carbonyl (C=O) groups excluding carboxylic acids is 1. The van der Waals surface area contributed by atoms with Crippen LogP contribution in [0.1, 0.15) is 52.9 Å². The third-order valence-corrected chi connectivity index (χ3v) is 4.79. The van der Waals surface area contributed by atoms with E-state index in [1.807, 2.05) is 0 Å². The number of hydrogen-bond acceptors (Lipinski definition) is 1. The van der Waals surface area contributed by atoms with Crippen molar-refractivity contribution in [2.75, 3.05) is 0 Å². The highest BCUT2D eigenvalue weighted by Gasteiger charge is 2.48. The van der Waals surface area contributed by atoms with Crippen molar-refractivity contribution in [1.29, 1.82) is 0 Å². The molecule has 2 saturated carbocycles. The minimum Gasteiger partial charge on any atom is -0.299 e. The molecule has 2 rings (SSSR count). The molecule has 4 atom stereocenters. The summed E-state index contributed by atoms with van der Waals surface area (Å²) < 4.78 is 0. The predicted molar refractivity (Wildman–Crippen MR) is 58.0 cm³/mol. The zero-order valence-electron chi connectivity index (χ0n) is 9.68. The van der Waals surface area contributed by atoms with Crippen molar-refractivity contribution in [3.05, 3.63) is 0 Å². The smallest absolute Gasteiger partial charge is 0.141 e. The molecule has 80 valence electrons. The summed E-state index contributed by atoms with van der Waals surface area (Å²) in [7, 11) is 0. The van der Waals surface area contributed by atoms with Crippen molar-refractivity contribution in [3.8, 4) is 0 Å². The van der Waals surface area contributed by atoms with E-state index in [-0.39, 0.29) is 5.41 Å². The quantitative estimate of drug-likeness (QED) is 0.577. The van der Waals surface area contributed by atoms with Crippen LogP contribution in [0.25, 0.3) is 0 Å². The second kappa shape index (κ2) is 3.36. The maximum atomic E-state index is 12.1. The van der Waals surface area contributed by atoms with Crippen molar-refractivity contribution in [2.45, 2.75) is 52.9 Å². The van der Waals surface area contributed by atoms with Gasteiger partial charge in [0, 0.05) is 11.3 Å². The molecular formula is C13H22O. The lowest BCUT2D eigenvalue weighted by molar-refractivity contribution is -0.131. The molecule has 0 amide bonds. The van der Waals surface area contributed by atoms with Gasteiger partial charge in [-0.05, 0) is 43.9 Å². The monoisotopic (exact) mass is 194 g/mol. The largest absolute Gasteiger partial charge is 0.299 e. The molecule has 14 heavy (non-hydrogen) atoms. The van der Waals surface area contributed by atoms with Crippen LogP contribution in [0.2, 0.25) is 0 Å². The molecule has 0 radical (unpaired) electrons. The first-order valence-corrected chi connectivity index (χ1v) is 6.09. The zero-order chi connectivity index (χ0) is 10.3. The van der Waals surface area contributed by atoms with Gasteiger partial charge in [0.1, 0.15) is 5.78 Å². The van der Waals surface area contributed by atoms with Crippen LogP contribution in [0.4, 0.5) is 0 Å². The van der Waals surface area contributed by atoms with Crippen molar-refractivity contribution in [2.24, 2.45) is 23.2 Å². The molecular weight excluding hydrogens is 172 g/mol. The van der Waals surface area contributed by atoms with Crippen LogP contribution in [0.3, 0.4) is 0 Å². The van der Waals surface area contributed by atoms with Gasteiger partial charge in [0.15, 0.2) is 0 Å². The van der Waals surface area contributed by atoms with Gasteiger partial charge in [0.05, 0.1) is 0 Å². The molecule has 1 nitrogen and oxygen atoms in total. The number of ketones is 1. The summed E-state index contributed by atoms with van der Waals surface area (Å²) in [6, 6.07) is 0. The van der Waals surface area contributed by atoms with Crippen LogP contribution in [0.5, 0.6) is 0 Å². The van der Waals surface area contributed by atoms with Crippen LogP contribution in [0.15, 0.2) is 0 Å². The van der Waals surface area contributed by atoms with E-state index in [4.69, 9.17) is 0 Å². The second-order valence-electron chi connectivity index (χ2n) is 5.78. The Morgan fingerprint density at radius 2 is 1.71 bits per heavy atom. The molecule has 2 fully saturated rings. The van der Waals surface area contributed by atoms with E-state index >= 15 is 0 Å². The van der Waals surface area contributed by atoms with Crippen molar-refractivity contribution in [1.82, 2.24) is 0 Å². The third kappa shape index (κ3) is 1.41. The minimum absolute atomic E-state index is 0.116. The van der Waals surface area contributed by atoms with E-state index in [2.05, 4.69) is 20.8 Å². The van der Waals surface area contributed by atoms with Gasteiger partial charge in [-0.1, -0.05) is 20.8 Å². The van der Waals surface area contributed by atoms with Gasteiger partial charge >= 0.3 is 0 Å². The second-order valence-corrected chi connectivity index (χ2v) is 5.78. The fourth-order valence-corrected chi connectivity index (χ4v) is 3.43. The van der Waals surface area contributed by atoms with Gasteiger partial charge in [-0.25, -0.2) is 0 Å². The van der Waals surface area contributed by atoms with Crippen LogP contribution in [-0.4, -0.2) is 5.78 Å². The molecule has 0 heterocycles. The first kappa shape index (κ1) is 10.2. The summed E-state index contributed by atoms with van der Waals surface area (Å²) in [6.07, 6.45) is 5.91. The van der Waals surface area contributed by atoms with Crippen molar-refractivity contribution in [3.63, 3.8) is 0 Å². The van der Waals surface area contributed by atoms with E-state index in [0.717, 1.165) is 24.7 Å². The Morgan fingerprint density at radius 3 is 2.21 bits per heavy atom. The minimum atomic E-state index is 0.116. The molecule has 4 unspecified atom stereocenters. The van der Waals surface area contributed by atoms with E-state index in [0.29, 0.717) is 11.7 Å². The predicted octanol–water partition coefficient (Wildman–Crippen LogP) is 3.43. The Balaban J connectivity index is 2.14. The zero-order valence-corrected chi connectivity index (χ0v) is 9.68. The summed E-state index contributed by atoms with van der Waals surface area (Å²) in [5.74, 6) is 2.49. The summed E-state index contributed by atoms with van der Waals surface area (Å²) >= 11 is 0. The average molecular weight is 194 g/mol. The van der Waals surface area contributed by atoms with Crippen LogP contribution in [-0.2, 0) is 4.79 Å². The van der Waals surface area contributed by atoms with Gasteiger partial charge in [0.2, 0.25) is 0 Å². The number of carbonyl (C=O) groups is 1. The average Bonchev–Trinajstić information content (AvgIpc) is 2.42. The highest BCUT2D eigenvalue weighted by molar-refractivity contribution is 5.88. The van der Waals surface area contributed by atoms with E-state index in [9.17, 15) is 4.79 Å². The van der Waals surface area contributed by atoms with Gasteiger partial charge in [-0.2, -0.15) is 0 Å². The third-order valence-electron chi connectivity index (χ3n) is 4.79. The number of hydrogen-bond donors (Lipinski definition) is 0. The molecule has 2 aliphatic rings. The van der Waals surface area contributed by atoms with Crippen molar-refractivity contribution < 1.29 is 4.79 Å². The SMILES string of the molecule is CC1CCC2(CCC(C)C(C)C2)C1=O. The lowest BCUT2D eigenvalue weighted by Crippen LogP contribution is -2.36. The molecule has 0 N–H and O–H groups in total. The van der Waals surface area contributed by atoms with Crippen molar-refractivity contribution >= 4 is 5.78 Å². The lowest BCUT2D eigenvalue weighted by Gasteiger charge is -2.39. The van der Waals surface area contributed by atoms with E-state index in [1.54, 1.807) is 0 Å². The molecule has 2 aliphatic carbocycles. The Hall–Kier alpha value is -0.330. The normalized spacial score (nSPS) is 48.8. The molecule has 1 heteroatoms.